The summed E-state index contributed by atoms with van der Waals surface area (Å²) in [5, 5.41) is 10.9. The SMILES string of the molecule is CC(C)(C)OC(=O)NC1CCCN(c2c(OC(=O)C(C)(C)C)cnc3[nH]cc(NC(=O)c4cnn(Cc5ccccc5)c4)c23)C1. The number of hydrogen-bond acceptors (Lipinski definition) is 8. The lowest BCUT2D eigenvalue weighted by molar-refractivity contribution is -0.142. The molecule has 45 heavy (non-hydrogen) atoms. The Kier molecular flexibility index (Phi) is 8.85. The van der Waals surface area contributed by atoms with Crippen LogP contribution < -0.4 is 20.3 Å². The third kappa shape index (κ3) is 7.81. The highest BCUT2D eigenvalue weighted by molar-refractivity contribution is 6.12. The zero-order valence-corrected chi connectivity index (χ0v) is 26.6. The summed E-state index contributed by atoms with van der Waals surface area (Å²) in [5.74, 6) is -0.496. The van der Waals surface area contributed by atoms with Crippen molar-refractivity contribution in [2.75, 3.05) is 23.3 Å². The van der Waals surface area contributed by atoms with E-state index in [0.717, 1.165) is 18.4 Å². The Balaban J connectivity index is 1.45. The molecule has 0 aliphatic carbocycles. The third-order valence-electron chi connectivity index (χ3n) is 7.24. The summed E-state index contributed by atoms with van der Waals surface area (Å²) in [6, 6.07) is 9.66. The maximum Gasteiger partial charge on any atom is 0.407 e. The van der Waals surface area contributed by atoms with Crippen molar-refractivity contribution in [2.45, 2.75) is 72.6 Å². The molecule has 0 bridgehead atoms. The smallest absolute Gasteiger partial charge is 0.407 e. The molecular weight excluding hydrogens is 574 g/mol. The van der Waals surface area contributed by atoms with E-state index < -0.39 is 23.1 Å². The van der Waals surface area contributed by atoms with Gasteiger partial charge in [0.1, 0.15) is 11.2 Å². The Hall–Kier alpha value is -4.87. The van der Waals surface area contributed by atoms with Crippen LogP contribution in [0.4, 0.5) is 16.2 Å². The molecule has 5 rings (SSSR count). The number of amides is 2. The first-order valence-electron chi connectivity index (χ1n) is 15.1. The number of ether oxygens (including phenoxy) is 2. The van der Waals surface area contributed by atoms with Crippen molar-refractivity contribution in [1.82, 2.24) is 25.1 Å². The number of carbonyl (C=O) groups excluding carboxylic acids is 3. The number of aromatic amines is 1. The van der Waals surface area contributed by atoms with Crippen LogP contribution in [-0.4, -0.2) is 62.5 Å². The van der Waals surface area contributed by atoms with Crippen LogP contribution >= 0.6 is 0 Å². The quantitative estimate of drug-likeness (QED) is 0.231. The normalized spacial score (nSPS) is 15.5. The number of pyridine rings is 1. The Morgan fingerprint density at radius 2 is 1.82 bits per heavy atom. The van der Waals surface area contributed by atoms with E-state index in [1.807, 2.05) is 51.1 Å². The van der Waals surface area contributed by atoms with Gasteiger partial charge in [0.2, 0.25) is 0 Å². The molecule has 1 aromatic carbocycles. The fraction of sp³-hybridized carbons (Fsp3) is 0.424. The second-order valence-electron chi connectivity index (χ2n) is 13.3. The maximum atomic E-state index is 13.4. The van der Waals surface area contributed by atoms with Gasteiger partial charge in [-0.25, -0.2) is 9.78 Å². The molecule has 12 heteroatoms. The van der Waals surface area contributed by atoms with Gasteiger partial charge in [-0.2, -0.15) is 5.10 Å². The van der Waals surface area contributed by atoms with E-state index >= 15 is 0 Å². The van der Waals surface area contributed by atoms with Gasteiger partial charge in [0, 0.05) is 31.5 Å². The van der Waals surface area contributed by atoms with Gasteiger partial charge in [-0.15, -0.1) is 0 Å². The number of esters is 1. The zero-order valence-electron chi connectivity index (χ0n) is 26.6. The zero-order chi connectivity index (χ0) is 32.4. The molecule has 0 spiro atoms. The molecule has 4 aromatic rings. The Bertz CT molecular complexity index is 1680. The fourth-order valence-electron chi connectivity index (χ4n) is 5.11. The van der Waals surface area contributed by atoms with Gasteiger partial charge in [-0.1, -0.05) is 30.3 Å². The van der Waals surface area contributed by atoms with E-state index in [1.165, 1.54) is 12.4 Å². The van der Waals surface area contributed by atoms with Crippen LogP contribution in [0.25, 0.3) is 11.0 Å². The fourth-order valence-corrected chi connectivity index (χ4v) is 5.11. The van der Waals surface area contributed by atoms with Crippen LogP contribution in [-0.2, 0) is 16.1 Å². The van der Waals surface area contributed by atoms with E-state index in [2.05, 4.69) is 30.6 Å². The topological polar surface area (TPSA) is 143 Å². The van der Waals surface area contributed by atoms with Crippen LogP contribution in [0.5, 0.6) is 5.75 Å². The number of nitrogens with one attached hydrogen (secondary N) is 3. The van der Waals surface area contributed by atoms with Crippen LogP contribution in [0.3, 0.4) is 0 Å². The summed E-state index contributed by atoms with van der Waals surface area (Å²) in [4.78, 5) is 48.8. The number of carbonyl (C=O) groups is 3. The highest BCUT2D eigenvalue weighted by Crippen LogP contribution is 2.41. The van der Waals surface area contributed by atoms with Crippen molar-refractivity contribution in [3.05, 3.63) is 66.2 Å². The van der Waals surface area contributed by atoms with Gasteiger partial charge < -0.3 is 30.0 Å². The average molecular weight is 616 g/mol. The summed E-state index contributed by atoms with van der Waals surface area (Å²) < 4.78 is 13.1. The summed E-state index contributed by atoms with van der Waals surface area (Å²) >= 11 is 0. The lowest BCUT2D eigenvalue weighted by Gasteiger charge is -2.36. The number of rotatable bonds is 7. The predicted molar refractivity (Wildman–Crippen MR) is 172 cm³/mol. The summed E-state index contributed by atoms with van der Waals surface area (Å²) in [6.07, 6.45) is 7.45. The minimum absolute atomic E-state index is 0.213. The highest BCUT2D eigenvalue weighted by atomic mass is 16.6. The second kappa shape index (κ2) is 12.6. The molecule has 1 atom stereocenters. The van der Waals surface area contributed by atoms with E-state index in [-0.39, 0.29) is 17.7 Å². The first kappa shape index (κ1) is 31.6. The average Bonchev–Trinajstić information content (AvgIpc) is 3.59. The number of H-pyrrole nitrogens is 1. The van der Waals surface area contributed by atoms with E-state index in [4.69, 9.17) is 9.47 Å². The molecule has 0 saturated carbocycles. The maximum absolute atomic E-state index is 13.4. The molecule has 3 N–H and O–H groups in total. The van der Waals surface area contributed by atoms with Crippen molar-refractivity contribution in [3.8, 4) is 5.75 Å². The van der Waals surface area contributed by atoms with Crippen molar-refractivity contribution in [1.29, 1.82) is 0 Å². The monoisotopic (exact) mass is 615 g/mol. The molecular formula is C33H41N7O5. The molecule has 1 fully saturated rings. The Morgan fingerprint density at radius 3 is 2.53 bits per heavy atom. The molecule has 12 nitrogen and oxygen atoms in total. The lowest BCUT2D eigenvalue weighted by Crippen LogP contribution is -2.49. The molecule has 3 aromatic heterocycles. The number of piperidine rings is 1. The molecule has 238 valence electrons. The van der Waals surface area contributed by atoms with Gasteiger partial charge in [0.15, 0.2) is 5.75 Å². The number of hydrogen-bond donors (Lipinski definition) is 3. The summed E-state index contributed by atoms with van der Waals surface area (Å²) in [7, 11) is 0. The summed E-state index contributed by atoms with van der Waals surface area (Å²) in [6.45, 7) is 12.4. The molecule has 2 amide bonds. The van der Waals surface area contributed by atoms with Crippen LogP contribution in [0.15, 0.2) is 55.1 Å². The Labute approximate surface area is 262 Å². The van der Waals surface area contributed by atoms with E-state index in [9.17, 15) is 14.4 Å². The van der Waals surface area contributed by atoms with Crippen molar-refractivity contribution >= 4 is 40.4 Å². The van der Waals surface area contributed by atoms with Crippen molar-refractivity contribution in [2.24, 2.45) is 5.41 Å². The van der Waals surface area contributed by atoms with Crippen molar-refractivity contribution < 1.29 is 23.9 Å². The minimum Gasteiger partial charge on any atom is -0.444 e. The molecule has 0 radical (unpaired) electrons. The van der Waals surface area contributed by atoms with Crippen LogP contribution in [0.2, 0.25) is 0 Å². The number of benzene rings is 1. The molecule has 1 aliphatic rings. The number of fused-ring (bicyclic) bond motifs is 1. The number of nitrogens with zero attached hydrogens (tertiary/aromatic N) is 4. The second-order valence-corrected chi connectivity index (χ2v) is 13.3. The first-order valence-corrected chi connectivity index (χ1v) is 15.1. The highest BCUT2D eigenvalue weighted by Gasteiger charge is 2.31. The lowest BCUT2D eigenvalue weighted by atomic mass is 9.97. The van der Waals surface area contributed by atoms with Gasteiger partial charge in [0.25, 0.3) is 5.91 Å². The van der Waals surface area contributed by atoms with E-state index in [1.54, 1.807) is 37.8 Å². The van der Waals surface area contributed by atoms with E-state index in [0.29, 0.717) is 47.6 Å². The van der Waals surface area contributed by atoms with Crippen molar-refractivity contribution in [3.63, 3.8) is 0 Å². The number of anilines is 2. The predicted octanol–water partition coefficient (Wildman–Crippen LogP) is 5.51. The molecule has 1 unspecified atom stereocenters. The minimum atomic E-state index is -0.760. The molecule has 1 saturated heterocycles. The standard InChI is InChI=1S/C33H41N7O5/c1-32(2,3)30(42)44-25-17-35-28-26(27(25)39-14-10-13-23(20-39)37-31(43)45-33(4,5)6)24(16-34-28)38-29(41)22-15-36-40(19-22)18-21-11-8-7-9-12-21/h7-9,11-12,15-17,19,23H,10,13-14,18,20H2,1-6H3,(H,34,35)(H,37,43)(H,38,41). The first-order chi connectivity index (χ1) is 21.3. The number of aromatic nitrogens is 4. The third-order valence-corrected chi connectivity index (χ3v) is 7.24. The van der Waals surface area contributed by atoms with Gasteiger partial charge in [-0.3, -0.25) is 14.3 Å². The molecule has 1 aliphatic heterocycles. The van der Waals surface area contributed by atoms with Crippen LogP contribution in [0.1, 0.15) is 70.3 Å². The van der Waals surface area contributed by atoms with Gasteiger partial charge in [0.05, 0.1) is 46.7 Å². The Morgan fingerprint density at radius 1 is 1.07 bits per heavy atom. The van der Waals surface area contributed by atoms with Crippen LogP contribution in [0, 0.1) is 5.41 Å². The summed E-state index contributed by atoms with van der Waals surface area (Å²) in [5.41, 5.74) is 1.67. The molecule has 4 heterocycles. The number of alkyl carbamates (subject to hydrolysis) is 1. The largest absolute Gasteiger partial charge is 0.444 e. The van der Waals surface area contributed by atoms with Gasteiger partial charge in [-0.05, 0) is 59.9 Å². The van der Waals surface area contributed by atoms with Gasteiger partial charge >= 0.3 is 12.1 Å².